The second-order valence-corrected chi connectivity index (χ2v) is 16.4. The highest BCUT2D eigenvalue weighted by Crippen LogP contribution is 2.63. The van der Waals surface area contributed by atoms with E-state index in [1.807, 2.05) is 12.1 Å². The van der Waals surface area contributed by atoms with Crippen LogP contribution in [-0.2, 0) is 5.41 Å². The molecule has 284 valence electrons. The fraction of sp³-hybridized carbons (Fsp3) is 0.0169. The van der Waals surface area contributed by atoms with Crippen LogP contribution in [0, 0.1) is 0 Å². The SMILES string of the molecule is c1ccc2c(c1)-c1ccccc1C21c2ccccc2-c2ccc(N(c3ccc(-c4ccc5ccccc5c4)cc3)c3ccc(-c4ccc5oc6ccccc6c5c4)cc3)cc21. The summed E-state index contributed by atoms with van der Waals surface area (Å²) in [5.74, 6) is 0. The third kappa shape index (κ3) is 4.97. The van der Waals surface area contributed by atoms with Crippen LogP contribution < -0.4 is 4.90 Å². The van der Waals surface area contributed by atoms with Gasteiger partial charge in [-0.2, -0.15) is 0 Å². The Labute approximate surface area is 354 Å². The van der Waals surface area contributed by atoms with Gasteiger partial charge in [0.2, 0.25) is 0 Å². The third-order valence-electron chi connectivity index (χ3n) is 13.3. The molecule has 0 aliphatic heterocycles. The van der Waals surface area contributed by atoms with Crippen LogP contribution in [0.25, 0.3) is 77.2 Å². The Morgan fingerprint density at radius 1 is 0.295 bits per heavy atom. The number of anilines is 3. The Morgan fingerprint density at radius 2 is 0.770 bits per heavy atom. The number of benzene rings is 10. The molecule has 0 N–H and O–H groups in total. The number of para-hydroxylation sites is 1. The van der Waals surface area contributed by atoms with Gasteiger partial charge in [0.05, 0.1) is 5.41 Å². The van der Waals surface area contributed by atoms with Gasteiger partial charge in [0.25, 0.3) is 0 Å². The minimum Gasteiger partial charge on any atom is -0.456 e. The Morgan fingerprint density at radius 3 is 1.43 bits per heavy atom. The largest absolute Gasteiger partial charge is 0.456 e. The molecule has 0 saturated heterocycles. The first-order valence-electron chi connectivity index (χ1n) is 21.1. The normalized spacial score (nSPS) is 13.0. The van der Waals surface area contributed by atoms with Gasteiger partial charge >= 0.3 is 0 Å². The van der Waals surface area contributed by atoms with Crippen molar-refractivity contribution in [2.75, 3.05) is 4.90 Å². The lowest BCUT2D eigenvalue weighted by Gasteiger charge is -2.32. The fourth-order valence-electron chi connectivity index (χ4n) is 10.5. The number of hydrogen-bond acceptors (Lipinski definition) is 2. The zero-order chi connectivity index (χ0) is 40.1. The molecule has 11 aromatic rings. The van der Waals surface area contributed by atoms with E-state index in [0.717, 1.165) is 50.1 Å². The molecule has 0 bridgehead atoms. The van der Waals surface area contributed by atoms with Gasteiger partial charge in [0.15, 0.2) is 0 Å². The van der Waals surface area contributed by atoms with Crippen molar-refractivity contribution in [3.8, 4) is 44.5 Å². The molecule has 0 fully saturated rings. The van der Waals surface area contributed by atoms with Crippen molar-refractivity contribution >= 4 is 49.8 Å². The van der Waals surface area contributed by atoms with E-state index in [4.69, 9.17) is 4.42 Å². The molecule has 1 heterocycles. The summed E-state index contributed by atoms with van der Waals surface area (Å²) < 4.78 is 6.17. The van der Waals surface area contributed by atoms with Gasteiger partial charge < -0.3 is 9.32 Å². The van der Waals surface area contributed by atoms with E-state index in [1.165, 1.54) is 66.4 Å². The summed E-state index contributed by atoms with van der Waals surface area (Å²) in [5, 5.41) is 4.76. The average Bonchev–Trinajstić information content (AvgIpc) is 3.96. The zero-order valence-corrected chi connectivity index (χ0v) is 33.2. The molecule has 1 aromatic heterocycles. The summed E-state index contributed by atoms with van der Waals surface area (Å²) in [7, 11) is 0. The molecule has 2 aliphatic rings. The van der Waals surface area contributed by atoms with Crippen molar-refractivity contribution < 1.29 is 4.42 Å². The molecule has 2 aliphatic carbocycles. The highest BCUT2D eigenvalue weighted by molar-refractivity contribution is 6.06. The predicted molar refractivity (Wildman–Crippen MR) is 253 cm³/mol. The lowest BCUT2D eigenvalue weighted by atomic mass is 9.70. The van der Waals surface area contributed by atoms with Crippen LogP contribution in [-0.4, -0.2) is 0 Å². The number of furan rings is 1. The number of fused-ring (bicyclic) bond motifs is 14. The highest BCUT2D eigenvalue weighted by Gasteiger charge is 2.51. The molecule has 0 atom stereocenters. The predicted octanol–water partition coefficient (Wildman–Crippen LogP) is 15.9. The van der Waals surface area contributed by atoms with Crippen molar-refractivity contribution in [1.29, 1.82) is 0 Å². The van der Waals surface area contributed by atoms with Crippen molar-refractivity contribution in [2.24, 2.45) is 0 Å². The summed E-state index contributed by atoms with van der Waals surface area (Å²) in [5.41, 5.74) is 20.0. The molecule has 61 heavy (non-hydrogen) atoms. The minimum atomic E-state index is -0.430. The van der Waals surface area contributed by atoms with Gasteiger partial charge in [0.1, 0.15) is 11.2 Å². The average molecular weight is 776 g/mol. The van der Waals surface area contributed by atoms with Crippen molar-refractivity contribution in [3.05, 3.63) is 247 Å². The standard InChI is InChI=1S/C59H37NO/c1-2-12-41-35-42(22-21-38(41)11-1)39-23-28-44(29-24-39)60(45-30-25-40(26-31-45)43-27-34-58-52(36-43)51-16-6-10-20-57(51)61-58)46-32-33-50-49-15-5-9-19-55(49)59(56(50)37-46)53-17-7-3-13-47(53)48-14-4-8-18-54(48)59/h1-37H. The maximum absolute atomic E-state index is 6.17. The van der Waals surface area contributed by atoms with E-state index in [9.17, 15) is 0 Å². The maximum Gasteiger partial charge on any atom is 0.135 e. The molecule has 0 amide bonds. The summed E-state index contributed by atoms with van der Waals surface area (Å²) in [6.07, 6.45) is 0. The smallest absolute Gasteiger partial charge is 0.135 e. The van der Waals surface area contributed by atoms with Crippen LogP contribution in [0.1, 0.15) is 22.3 Å². The summed E-state index contributed by atoms with van der Waals surface area (Å²) in [4.78, 5) is 2.42. The molecule has 2 heteroatoms. The Balaban J connectivity index is 0.978. The van der Waals surface area contributed by atoms with E-state index < -0.39 is 5.41 Å². The van der Waals surface area contributed by atoms with Crippen LogP contribution in [0.15, 0.2) is 229 Å². The first kappa shape index (κ1) is 34.0. The van der Waals surface area contributed by atoms with Gasteiger partial charge in [-0.15, -0.1) is 0 Å². The van der Waals surface area contributed by atoms with Crippen LogP contribution in [0.4, 0.5) is 17.1 Å². The van der Waals surface area contributed by atoms with Crippen molar-refractivity contribution in [3.63, 3.8) is 0 Å². The summed E-state index contributed by atoms with van der Waals surface area (Å²) in [6.45, 7) is 0. The van der Waals surface area contributed by atoms with Crippen LogP contribution in [0.5, 0.6) is 0 Å². The van der Waals surface area contributed by atoms with Crippen LogP contribution in [0.2, 0.25) is 0 Å². The van der Waals surface area contributed by atoms with Gasteiger partial charge in [0, 0.05) is 27.8 Å². The van der Waals surface area contributed by atoms with E-state index in [-0.39, 0.29) is 0 Å². The lowest BCUT2D eigenvalue weighted by molar-refractivity contribution is 0.669. The summed E-state index contributed by atoms with van der Waals surface area (Å²) in [6, 6.07) is 82.4. The molecule has 13 rings (SSSR count). The van der Waals surface area contributed by atoms with Crippen molar-refractivity contribution in [2.45, 2.75) is 5.41 Å². The van der Waals surface area contributed by atoms with Gasteiger partial charge in [-0.05, 0) is 138 Å². The number of hydrogen-bond donors (Lipinski definition) is 0. The van der Waals surface area contributed by atoms with E-state index in [2.05, 4.69) is 217 Å². The van der Waals surface area contributed by atoms with E-state index in [0.29, 0.717) is 0 Å². The monoisotopic (exact) mass is 775 g/mol. The molecular formula is C59H37NO. The summed E-state index contributed by atoms with van der Waals surface area (Å²) >= 11 is 0. The lowest BCUT2D eigenvalue weighted by Crippen LogP contribution is -2.26. The highest BCUT2D eigenvalue weighted by atomic mass is 16.3. The quantitative estimate of drug-likeness (QED) is 0.173. The van der Waals surface area contributed by atoms with Crippen LogP contribution >= 0.6 is 0 Å². The number of rotatable bonds is 5. The Bertz CT molecular complexity index is 3470. The first-order valence-corrected chi connectivity index (χ1v) is 21.1. The first-order chi connectivity index (χ1) is 30.2. The minimum absolute atomic E-state index is 0.430. The molecule has 0 saturated carbocycles. The van der Waals surface area contributed by atoms with E-state index >= 15 is 0 Å². The molecule has 2 nitrogen and oxygen atoms in total. The molecule has 10 aromatic carbocycles. The number of nitrogens with zero attached hydrogens (tertiary/aromatic N) is 1. The molecule has 0 radical (unpaired) electrons. The Kier molecular flexibility index (Phi) is 7.26. The van der Waals surface area contributed by atoms with Gasteiger partial charge in [-0.1, -0.05) is 164 Å². The van der Waals surface area contributed by atoms with Gasteiger partial charge in [-0.3, -0.25) is 0 Å². The van der Waals surface area contributed by atoms with E-state index in [1.54, 1.807) is 0 Å². The topological polar surface area (TPSA) is 16.4 Å². The second-order valence-electron chi connectivity index (χ2n) is 16.4. The van der Waals surface area contributed by atoms with Gasteiger partial charge in [-0.25, -0.2) is 0 Å². The van der Waals surface area contributed by atoms with Crippen molar-refractivity contribution in [1.82, 2.24) is 0 Å². The third-order valence-corrected chi connectivity index (χ3v) is 13.3. The molecule has 1 spiro atoms. The molecular weight excluding hydrogens is 739 g/mol. The fourth-order valence-corrected chi connectivity index (χ4v) is 10.5. The Hall–Kier alpha value is -7.94. The zero-order valence-electron chi connectivity index (χ0n) is 33.2. The maximum atomic E-state index is 6.17. The second kappa shape index (κ2) is 13.0. The molecule has 0 unspecified atom stereocenters. The van der Waals surface area contributed by atoms with Crippen LogP contribution in [0.3, 0.4) is 0 Å².